The van der Waals surface area contributed by atoms with Crippen molar-refractivity contribution >= 4 is 17.1 Å². The summed E-state index contributed by atoms with van der Waals surface area (Å²) in [6.07, 6.45) is 14.8. The molecule has 1 heteroatoms. The van der Waals surface area contributed by atoms with Gasteiger partial charge in [-0.2, -0.15) is 0 Å². The zero-order valence-corrected chi connectivity index (χ0v) is 27.2. The Balaban J connectivity index is 1.16. The first kappa shape index (κ1) is 29.3. The predicted molar refractivity (Wildman–Crippen MR) is 194 cm³/mol. The highest BCUT2D eigenvalue weighted by Gasteiger charge is 2.40. The number of hydrogen-bond acceptors (Lipinski definition) is 1. The summed E-state index contributed by atoms with van der Waals surface area (Å²) in [5, 5.41) is 0. The van der Waals surface area contributed by atoms with Crippen LogP contribution in [0.25, 0.3) is 11.1 Å². The van der Waals surface area contributed by atoms with E-state index in [-0.39, 0.29) is 5.41 Å². The Labute approximate surface area is 276 Å². The van der Waals surface area contributed by atoms with Crippen molar-refractivity contribution in [3.63, 3.8) is 0 Å². The van der Waals surface area contributed by atoms with Gasteiger partial charge in [-0.15, -0.1) is 0 Å². The van der Waals surface area contributed by atoms with E-state index in [4.69, 9.17) is 0 Å². The minimum absolute atomic E-state index is 0.0880. The fourth-order valence-corrected chi connectivity index (χ4v) is 9.34. The Morgan fingerprint density at radius 3 is 1.57 bits per heavy atom. The van der Waals surface area contributed by atoms with Crippen LogP contribution >= 0.6 is 0 Å². The molecular formula is C45H47N. The summed E-state index contributed by atoms with van der Waals surface area (Å²) < 4.78 is 0. The van der Waals surface area contributed by atoms with Crippen LogP contribution in [0, 0.1) is 11.8 Å². The standard InChI is InChI=1S/C45H47N/c1-2-10-30-45(31-11-3-1,39-14-8-5-9-15-39)40-22-28-43(29-23-40)46(41-24-18-36(19-25-41)35-12-6-4-7-13-35)42-26-20-37(21-27-42)44-33-34-16-17-38(44)32-34/h4-9,12-15,18-29,34,38,44H,1-3,10-11,16-17,30-33H2. The van der Waals surface area contributed by atoms with Crippen LogP contribution in [0.5, 0.6) is 0 Å². The molecule has 3 unspecified atom stereocenters. The molecule has 8 rings (SSSR count). The molecule has 1 nitrogen and oxygen atoms in total. The molecule has 0 amide bonds. The number of nitrogens with zero attached hydrogens (tertiary/aromatic N) is 1. The molecule has 0 heterocycles. The molecule has 3 aliphatic carbocycles. The van der Waals surface area contributed by atoms with Crippen molar-refractivity contribution in [2.24, 2.45) is 11.8 Å². The van der Waals surface area contributed by atoms with E-state index in [0.29, 0.717) is 0 Å². The molecule has 3 fully saturated rings. The van der Waals surface area contributed by atoms with Crippen LogP contribution in [-0.2, 0) is 5.41 Å². The average molecular weight is 602 g/mol. The van der Waals surface area contributed by atoms with Gasteiger partial charge in [0.25, 0.3) is 0 Å². The van der Waals surface area contributed by atoms with Gasteiger partial charge in [-0.25, -0.2) is 0 Å². The Hall–Kier alpha value is -4.10. The van der Waals surface area contributed by atoms with E-state index < -0.39 is 0 Å². The highest BCUT2D eigenvalue weighted by Crippen LogP contribution is 2.53. The lowest BCUT2D eigenvalue weighted by Gasteiger charge is -2.37. The third kappa shape index (κ3) is 5.70. The summed E-state index contributed by atoms with van der Waals surface area (Å²) >= 11 is 0. The van der Waals surface area contributed by atoms with Crippen LogP contribution in [0.15, 0.2) is 133 Å². The molecule has 3 aliphatic rings. The fraction of sp³-hybridized carbons (Fsp3) is 0.333. The Kier molecular flexibility index (Phi) is 8.25. The van der Waals surface area contributed by atoms with Crippen molar-refractivity contribution in [1.82, 2.24) is 0 Å². The lowest BCUT2D eigenvalue weighted by atomic mass is 9.67. The summed E-state index contributed by atoms with van der Waals surface area (Å²) in [6.45, 7) is 0. The molecule has 0 saturated heterocycles. The summed E-state index contributed by atoms with van der Waals surface area (Å²) in [6, 6.07) is 50.5. The first-order valence-corrected chi connectivity index (χ1v) is 18.0. The highest BCUT2D eigenvalue weighted by molar-refractivity contribution is 5.78. The number of hydrogen-bond donors (Lipinski definition) is 0. The minimum Gasteiger partial charge on any atom is -0.311 e. The van der Waals surface area contributed by atoms with Gasteiger partial charge in [0.2, 0.25) is 0 Å². The average Bonchev–Trinajstić information content (AvgIpc) is 3.75. The van der Waals surface area contributed by atoms with Crippen molar-refractivity contribution in [3.8, 4) is 11.1 Å². The largest absolute Gasteiger partial charge is 0.311 e. The van der Waals surface area contributed by atoms with Gasteiger partial charge in [-0.3, -0.25) is 0 Å². The fourth-order valence-electron chi connectivity index (χ4n) is 9.34. The molecule has 0 N–H and O–H groups in total. The van der Waals surface area contributed by atoms with Gasteiger partial charge >= 0.3 is 0 Å². The quantitative estimate of drug-likeness (QED) is 0.179. The zero-order chi connectivity index (χ0) is 30.8. The topological polar surface area (TPSA) is 3.24 Å². The van der Waals surface area contributed by atoms with Gasteiger partial charge < -0.3 is 4.90 Å². The van der Waals surface area contributed by atoms with Crippen LogP contribution in [0.1, 0.15) is 93.2 Å². The van der Waals surface area contributed by atoms with E-state index >= 15 is 0 Å². The molecule has 0 aromatic heterocycles. The zero-order valence-electron chi connectivity index (χ0n) is 27.2. The van der Waals surface area contributed by atoms with Crippen LogP contribution in [-0.4, -0.2) is 0 Å². The van der Waals surface area contributed by atoms with Crippen LogP contribution in [0.4, 0.5) is 17.1 Å². The molecule has 5 aromatic carbocycles. The molecule has 0 spiro atoms. The summed E-state index contributed by atoms with van der Waals surface area (Å²) in [5.74, 6) is 2.61. The first-order chi connectivity index (χ1) is 22.8. The second-order valence-corrected chi connectivity index (χ2v) is 14.4. The lowest BCUT2D eigenvalue weighted by Crippen LogP contribution is -2.29. The molecule has 232 valence electrons. The maximum atomic E-state index is 2.45. The van der Waals surface area contributed by atoms with Crippen molar-refractivity contribution in [2.75, 3.05) is 4.90 Å². The molecule has 3 atom stereocenters. The Morgan fingerprint density at radius 2 is 0.978 bits per heavy atom. The molecule has 46 heavy (non-hydrogen) atoms. The second kappa shape index (κ2) is 13.0. The maximum Gasteiger partial charge on any atom is 0.0462 e. The number of anilines is 3. The predicted octanol–water partition coefficient (Wildman–Crippen LogP) is 12.8. The smallest absolute Gasteiger partial charge is 0.0462 e. The van der Waals surface area contributed by atoms with Crippen LogP contribution in [0.2, 0.25) is 0 Å². The highest BCUT2D eigenvalue weighted by atomic mass is 15.1. The van der Waals surface area contributed by atoms with Gasteiger partial charge in [-0.1, -0.05) is 136 Å². The molecule has 3 saturated carbocycles. The van der Waals surface area contributed by atoms with Gasteiger partial charge in [0.05, 0.1) is 0 Å². The van der Waals surface area contributed by atoms with Gasteiger partial charge in [-0.05, 0) is 114 Å². The first-order valence-electron chi connectivity index (χ1n) is 18.0. The van der Waals surface area contributed by atoms with E-state index in [2.05, 4.69) is 138 Å². The summed E-state index contributed by atoms with van der Waals surface area (Å²) in [7, 11) is 0. The normalized spacial score (nSPS) is 22.2. The van der Waals surface area contributed by atoms with Crippen molar-refractivity contribution in [1.29, 1.82) is 0 Å². The Morgan fingerprint density at radius 1 is 0.457 bits per heavy atom. The summed E-state index contributed by atoms with van der Waals surface area (Å²) in [4.78, 5) is 2.45. The SMILES string of the molecule is c1ccc(-c2ccc(N(c3ccc(C4CC5CCC4C5)cc3)c3ccc(C4(c5ccccc5)CCCCCCC4)cc3)cc2)cc1. The molecule has 0 aliphatic heterocycles. The van der Waals surface area contributed by atoms with E-state index in [1.54, 1.807) is 5.56 Å². The van der Waals surface area contributed by atoms with Crippen LogP contribution in [0.3, 0.4) is 0 Å². The molecule has 2 bridgehead atoms. The maximum absolute atomic E-state index is 2.45. The van der Waals surface area contributed by atoms with Crippen molar-refractivity contribution in [2.45, 2.75) is 82.0 Å². The van der Waals surface area contributed by atoms with E-state index in [1.807, 2.05) is 0 Å². The van der Waals surface area contributed by atoms with Crippen LogP contribution < -0.4 is 4.90 Å². The number of benzene rings is 5. The molecule has 5 aromatic rings. The van der Waals surface area contributed by atoms with Crippen molar-refractivity contribution < 1.29 is 0 Å². The minimum atomic E-state index is 0.0880. The van der Waals surface area contributed by atoms with Gasteiger partial charge in [0.1, 0.15) is 0 Å². The molecule has 0 radical (unpaired) electrons. The number of fused-ring (bicyclic) bond motifs is 2. The lowest BCUT2D eigenvalue weighted by molar-refractivity contribution is 0.366. The van der Waals surface area contributed by atoms with E-state index in [0.717, 1.165) is 17.8 Å². The monoisotopic (exact) mass is 601 g/mol. The Bertz CT molecular complexity index is 1700. The van der Waals surface area contributed by atoms with Crippen molar-refractivity contribution in [3.05, 3.63) is 150 Å². The third-order valence-electron chi connectivity index (χ3n) is 11.8. The van der Waals surface area contributed by atoms with Gasteiger partial charge in [0, 0.05) is 22.5 Å². The molecular weight excluding hydrogens is 555 g/mol. The second-order valence-electron chi connectivity index (χ2n) is 14.4. The summed E-state index contributed by atoms with van der Waals surface area (Å²) in [5.41, 5.74) is 10.7. The number of rotatable bonds is 7. The third-order valence-corrected chi connectivity index (χ3v) is 11.8. The van der Waals surface area contributed by atoms with Gasteiger partial charge in [0.15, 0.2) is 0 Å². The van der Waals surface area contributed by atoms with E-state index in [9.17, 15) is 0 Å². The van der Waals surface area contributed by atoms with E-state index in [1.165, 1.54) is 110 Å².